The molecule has 4 aromatic carbocycles. The van der Waals surface area contributed by atoms with Crippen molar-refractivity contribution in [2.24, 2.45) is 0 Å². The maximum atomic E-state index is 12.6. The smallest absolute Gasteiger partial charge is 0.431 e. The molecule has 0 aromatic heterocycles. The van der Waals surface area contributed by atoms with Crippen LogP contribution >= 0.6 is 0 Å². The fourth-order valence-corrected chi connectivity index (χ4v) is 5.72. The molecule has 1 aliphatic carbocycles. The molecule has 1 aliphatic rings. The summed E-state index contributed by atoms with van der Waals surface area (Å²) in [5, 5.41) is 0. The van der Waals surface area contributed by atoms with Gasteiger partial charge in [-0.05, 0) is 83.6 Å². The molecule has 0 bridgehead atoms. The Hall–Kier alpha value is -5.45. The number of carbonyl (C=O) groups is 3. The van der Waals surface area contributed by atoms with E-state index >= 15 is 0 Å². The normalized spacial score (nSPS) is 13.5. The number of hydrogen-bond acceptors (Lipinski definition) is 9. The van der Waals surface area contributed by atoms with E-state index in [-0.39, 0.29) is 24.4 Å². The molecule has 9 nitrogen and oxygen atoms in total. The summed E-state index contributed by atoms with van der Waals surface area (Å²) in [5.74, 6) is 1.19. The molecule has 0 heterocycles. The molecule has 0 N–H and O–H groups in total. The number of carbonyl (C=O) groups excluding carboxylic acids is 3. The van der Waals surface area contributed by atoms with Crippen molar-refractivity contribution in [3.05, 3.63) is 108 Å². The fraction of sp³-hybridized carbons (Fsp3) is 0.270. The monoisotopic (exact) mass is 660 g/mol. The van der Waals surface area contributed by atoms with Crippen LogP contribution in [0, 0.1) is 0 Å². The number of ether oxygens (including phenoxy) is 6. The van der Waals surface area contributed by atoms with Gasteiger partial charge in [-0.15, -0.1) is 0 Å². The standard InChI is InChI=1S/C37H34F2O9/c38-22-24-43-34(40)45-30-12-4-26(5-13-30)27-6-14-31(15-7-27)47-36(42)48-33-18-10-29(11-19-33)37(20-2-1-3-21-37)28-8-16-32(17-9-28)46-35(41)44-25-23-39/h4-19H,1-3,20-25H2. The van der Waals surface area contributed by atoms with Crippen LogP contribution in [-0.4, -0.2) is 45.0 Å². The zero-order valence-corrected chi connectivity index (χ0v) is 26.0. The van der Waals surface area contributed by atoms with Crippen LogP contribution in [0.25, 0.3) is 11.1 Å². The Labute approximate surface area is 276 Å². The first-order chi connectivity index (χ1) is 23.4. The largest absolute Gasteiger partial charge is 0.519 e. The summed E-state index contributed by atoms with van der Waals surface area (Å²) >= 11 is 0. The molecule has 11 heteroatoms. The Kier molecular flexibility index (Phi) is 11.6. The molecule has 48 heavy (non-hydrogen) atoms. The van der Waals surface area contributed by atoms with E-state index in [0.717, 1.165) is 54.4 Å². The van der Waals surface area contributed by atoms with Gasteiger partial charge in [-0.25, -0.2) is 23.2 Å². The second kappa shape index (κ2) is 16.4. The van der Waals surface area contributed by atoms with E-state index in [9.17, 15) is 23.2 Å². The highest BCUT2D eigenvalue weighted by Gasteiger charge is 2.35. The van der Waals surface area contributed by atoms with Crippen molar-refractivity contribution in [3.8, 4) is 34.1 Å². The molecule has 0 amide bonds. The van der Waals surface area contributed by atoms with Crippen molar-refractivity contribution in [2.45, 2.75) is 37.5 Å². The molecule has 250 valence electrons. The Morgan fingerprint density at radius 1 is 0.479 bits per heavy atom. The fourth-order valence-electron chi connectivity index (χ4n) is 5.72. The molecule has 0 radical (unpaired) electrons. The summed E-state index contributed by atoms with van der Waals surface area (Å²) in [5.41, 5.74) is 3.53. The number of benzene rings is 4. The molecule has 1 fully saturated rings. The summed E-state index contributed by atoms with van der Waals surface area (Å²) < 4.78 is 54.5. The van der Waals surface area contributed by atoms with E-state index in [1.807, 2.05) is 24.3 Å². The average molecular weight is 661 g/mol. The first kappa shape index (κ1) is 33.9. The van der Waals surface area contributed by atoms with Crippen LogP contribution in [-0.2, 0) is 14.9 Å². The van der Waals surface area contributed by atoms with Crippen LogP contribution in [0.5, 0.6) is 23.0 Å². The first-order valence-corrected chi connectivity index (χ1v) is 15.5. The van der Waals surface area contributed by atoms with Gasteiger partial charge in [0.15, 0.2) is 0 Å². The molecule has 0 aliphatic heterocycles. The molecular formula is C37H34F2O9. The molecule has 4 aromatic rings. The highest BCUT2D eigenvalue weighted by molar-refractivity contribution is 5.70. The van der Waals surface area contributed by atoms with Crippen molar-refractivity contribution in [1.29, 1.82) is 0 Å². The van der Waals surface area contributed by atoms with Gasteiger partial charge < -0.3 is 28.4 Å². The van der Waals surface area contributed by atoms with Crippen LogP contribution in [0.2, 0.25) is 0 Å². The van der Waals surface area contributed by atoms with Crippen molar-refractivity contribution in [3.63, 3.8) is 0 Å². The number of halogens is 2. The van der Waals surface area contributed by atoms with Crippen LogP contribution in [0.15, 0.2) is 97.1 Å². The second-order valence-electron chi connectivity index (χ2n) is 11.0. The third-order valence-electron chi connectivity index (χ3n) is 7.96. The Morgan fingerprint density at radius 2 is 0.812 bits per heavy atom. The third kappa shape index (κ3) is 8.87. The van der Waals surface area contributed by atoms with E-state index in [1.165, 1.54) is 0 Å². The quantitative estimate of drug-likeness (QED) is 0.115. The van der Waals surface area contributed by atoms with E-state index in [1.54, 1.807) is 72.8 Å². The van der Waals surface area contributed by atoms with E-state index in [4.69, 9.17) is 18.9 Å². The topological polar surface area (TPSA) is 107 Å². The van der Waals surface area contributed by atoms with E-state index in [2.05, 4.69) is 9.47 Å². The summed E-state index contributed by atoms with van der Waals surface area (Å²) in [6, 6.07) is 28.1. The Morgan fingerprint density at radius 3 is 1.17 bits per heavy atom. The molecular weight excluding hydrogens is 626 g/mol. The predicted octanol–water partition coefficient (Wildman–Crippen LogP) is 9.15. The lowest BCUT2D eigenvalue weighted by atomic mass is 9.65. The van der Waals surface area contributed by atoms with Gasteiger partial charge in [-0.3, -0.25) is 0 Å². The minimum absolute atomic E-state index is 0.254. The van der Waals surface area contributed by atoms with Gasteiger partial charge in [0, 0.05) is 5.41 Å². The zero-order chi connectivity index (χ0) is 33.8. The van der Waals surface area contributed by atoms with Crippen molar-refractivity contribution < 1.29 is 51.6 Å². The Balaban J connectivity index is 1.18. The summed E-state index contributed by atoms with van der Waals surface area (Å²) in [6.07, 6.45) is 2.28. The van der Waals surface area contributed by atoms with Crippen molar-refractivity contribution in [2.75, 3.05) is 26.6 Å². The average Bonchev–Trinajstić information content (AvgIpc) is 3.11. The molecule has 0 saturated heterocycles. The zero-order valence-electron chi connectivity index (χ0n) is 26.0. The highest BCUT2D eigenvalue weighted by atomic mass is 19.1. The lowest BCUT2D eigenvalue weighted by Crippen LogP contribution is -2.30. The van der Waals surface area contributed by atoms with Crippen molar-refractivity contribution >= 4 is 18.5 Å². The van der Waals surface area contributed by atoms with E-state index < -0.39 is 31.8 Å². The maximum Gasteiger partial charge on any atom is 0.519 e. The minimum atomic E-state index is -0.980. The van der Waals surface area contributed by atoms with Gasteiger partial charge in [0.1, 0.15) is 49.6 Å². The number of hydrogen-bond donors (Lipinski definition) is 0. The van der Waals surface area contributed by atoms with E-state index in [0.29, 0.717) is 17.2 Å². The van der Waals surface area contributed by atoms with Gasteiger partial charge in [0.2, 0.25) is 0 Å². The van der Waals surface area contributed by atoms with Crippen LogP contribution in [0.1, 0.15) is 43.2 Å². The number of rotatable bonds is 11. The summed E-state index contributed by atoms with van der Waals surface area (Å²) in [6.45, 7) is -2.29. The molecule has 0 atom stereocenters. The van der Waals surface area contributed by atoms with Gasteiger partial charge in [-0.2, -0.15) is 0 Å². The van der Waals surface area contributed by atoms with Crippen molar-refractivity contribution in [1.82, 2.24) is 0 Å². The molecule has 0 spiro atoms. The second-order valence-corrected chi connectivity index (χ2v) is 11.0. The predicted molar refractivity (Wildman–Crippen MR) is 171 cm³/mol. The lowest BCUT2D eigenvalue weighted by Gasteiger charge is -2.38. The van der Waals surface area contributed by atoms with Gasteiger partial charge >= 0.3 is 18.5 Å². The molecule has 1 saturated carbocycles. The van der Waals surface area contributed by atoms with Crippen LogP contribution in [0.4, 0.5) is 23.2 Å². The van der Waals surface area contributed by atoms with Gasteiger partial charge in [0.05, 0.1) is 0 Å². The maximum absolute atomic E-state index is 12.6. The van der Waals surface area contributed by atoms with Gasteiger partial charge in [-0.1, -0.05) is 67.8 Å². The summed E-state index contributed by atoms with van der Waals surface area (Å²) in [7, 11) is 0. The molecule has 5 rings (SSSR count). The number of alkyl halides is 2. The summed E-state index contributed by atoms with van der Waals surface area (Å²) in [4.78, 5) is 35.8. The SMILES string of the molecule is O=C(OCCF)Oc1ccc(-c2ccc(OC(=O)Oc3ccc(C4(c5ccc(OC(=O)OCCF)cc5)CCCCC4)cc3)cc2)cc1. The highest BCUT2D eigenvalue weighted by Crippen LogP contribution is 2.45. The third-order valence-corrected chi connectivity index (χ3v) is 7.96. The minimum Gasteiger partial charge on any atom is -0.431 e. The van der Waals surface area contributed by atoms with Crippen LogP contribution in [0.3, 0.4) is 0 Å². The van der Waals surface area contributed by atoms with Crippen LogP contribution < -0.4 is 18.9 Å². The van der Waals surface area contributed by atoms with Gasteiger partial charge in [0.25, 0.3) is 0 Å². The first-order valence-electron chi connectivity index (χ1n) is 15.5. The lowest BCUT2D eigenvalue weighted by molar-refractivity contribution is 0.0921. The Bertz CT molecular complexity index is 1650. The molecule has 0 unspecified atom stereocenters.